The Morgan fingerprint density at radius 3 is 2.39 bits per heavy atom. The summed E-state index contributed by atoms with van der Waals surface area (Å²) in [6.07, 6.45) is 6.84. The Bertz CT molecular complexity index is 367. The van der Waals surface area contributed by atoms with E-state index in [1.54, 1.807) is 0 Å². The van der Waals surface area contributed by atoms with Crippen LogP contribution in [0.5, 0.6) is 0 Å². The molecule has 0 heterocycles. The molecule has 18 heavy (non-hydrogen) atoms. The van der Waals surface area contributed by atoms with Crippen molar-refractivity contribution in [1.29, 1.82) is 0 Å². The van der Waals surface area contributed by atoms with E-state index in [4.69, 9.17) is 4.52 Å². The predicted molar refractivity (Wildman–Crippen MR) is 85.1 cm³/mol. The fourth-order valence-electron chi connectivity index (χ4n) is 1.73. The van der Waals surface area contributed by atoms with Crippen LogP contribution < -0.4 is 5.30 Å². The molecule has 0 N–H and O–H groups in total. The molecule has 0 aliphatic heterocycles. The number of rotatable bonds is 9. The van der Waals surface area contributed by atoms with Crippen LogP contribution in [0.2, 0.25) is 5.32 Å². The third-order valence-corrected chi connectivity index (χ3v) is 16.6. The average Bonchev–Trinajstić information content (AvgIpc) is 2.43. The summed E-state index contributed by atoms with van der Waals surface area (Å²) in [4.78, 5) is 0. The van der Waals surface area contributed by atoms with Gasteiger partial charge in [0.1, 0.15) is 0 Å². The molecule has 102 valence electrons. The van der Waals surface area contributed by atoms with Crippen LogP contribution in [0.25, 0.3) is 0 Å². The second-order valence-electron chi connectivity index (χ2n) is 4.26. The Labute approximate surface area is 125 Å². The molecule has 0 aromatic heterocycles. The quantitative estimate of drug-likeness (QED) is 0.349. The molecule has 0 fully saturated rings. The Hall–Kier alpha value is 0.649. The molecule has 0 aliphatic carbocycles. The minimum absolute atomic E-state index is 0.565. The summed E-state index contributed by atoms with van der Waals surface area (Å²) >= 11 is 3.94. The van der Waals surface area contributed by atoms with Crippen LogP contribution in [0.15, 0.2) is 30.3 Å². The van der Waals surface area contributed by atoms with Crippen molar-refractivity contribution in [3.8, 4) is 0 Å². The zero-order chi connectivity index (χ0) is 13.3. The molecule has 0 saturated heterocycles. The molecular weight excluding hydrogens is 373 g/mol. The first-order valence-corrected chi connectivity index (χ1v) is 13.9. The van der Waals surface area contributed by atoms with Gasteiger partial charge in [0.15, 0.2) is 0 Å². The fraction of sp³-hybridized carbons (Fsp3) is 0.571. The van der Waals surface area contributed by atoms with Crippen LogP contribution in [-0.4, -0.2) is 36.7 Å². The van der Waals surface area contributed by atoms with Gasteiger partial charge in [-0.1, -0.05) is 0 Å². The van der Waals surface area contributed by atoms with E-state index in [1.807, 2.05) is 7.11 Å². The van der Waals surface area contributed by atoms with Gasteiger partial charge in [-0.3, -0.25) is 0 Å². The van der Waals surface area contributed by atoms with Gasteiger partial charge < -0.3 is 0 Å². The second kappa shape index (κ2) is 9.54. The first kappa shape index (κ1) is 16.7. The normalized spacial score (nSPS) is 14.3. The number of hydrogen-bond acceptors (Lipinski definition) is 1. The van der Waals surface area contributed by atoms with E-state index in [-0.39, 0.29) is 0 Å². The zero-order valence-electron chi connectivity index (χ0n) is 11.3. The van der Waals surface area contributed by atoms with Gasteiger partial charge >= 0.3 is 126 Å². The van der Waals surface area contributed by atoms with Gasteiger partial charge in [-0.25, -0.2) is 0 Å². The van der Waals surface area contributed by atoms with Crippen molar-refractivity contribution in [1.82, 2.24) is 0 Å². The first-order chi connectivity index (χ1) is 8.73. The summed E-state index contributed by atoms with van der Waals surface area (Å²) in [7, 11) is 1.86. The summed E-state index contributed by atoms with van der Waals surface area (Å²) in [6, 6.07) is 10.7. The fourth-order valence-corrected chi connectivity index (χ4v) is 11.4. The van der Waals surface area contributed by atoms with Gasteiger partial charge in [-0.2, -0.15) is 0 Å². The average molecular weight is 396 g/mol. The number of hydrogen-bond donors (Lipinski definition) is 0. The van der Waals surface area contributed by atoms with E-state index in [9.17, 15) is 0 Å². The van der Waals surface area contributed by atoms with Crippen LogP contribution in [0, 0.1) is 0 Å². The van der Waals surface area contributed by atoms with Crippen LogP contribution in [-0.2, 0) is 4.52 Å². The topological polar surface area (TPSA) is 9.23 Å². The maximum absolute atomic E-state index is 5.83. The summed E-state index contributed by atoms with van der Waals surface area (Å²) < 4.78 is 4.41. The van der Waals surface area contributed by atoms with E-state index in [1.165, 1.54) is 42.7 Å². The van der Waals surface area contributed by atoms with Crippen LogP contribution >= 0.6 is 4.43 Å². The van der Waals surface area contributed by atoms with Gasteiger partial charge in [0, 0.05) is 0 Å². The van der Waals surface area contributed by atoms with Gasteiger partial charge in [0.25, 0.3) is 0 Å². The van der Waals surface area contributed by atoms with Gasteiger partial charge in [0.05, 0.1) is 0 Å². The molecule has 0 aliphatic rings. The van der Waals surface area contributed by atoms with Crippen LogP contribution in [0.3, 0.4) is 0 Å². The van der Waals surface area contributed by atoms with Crippen molar-refractivity contribution in [2.75, 3.05) is 7.11 Å². The first-order valence-electron chi connectivity index (χ1n) is 6.59. The second-order valence-corrected chi connectivity index (χ2v) is 18.9. The summed E-state index contributed by atoms with van der Waals surface area (Å²) in [5.41, 5.74) is 0. The Morgan fingerprint density at radius 1 is 1.11 bits per heavy atom. The standard InChI is InChI=1S/C14H23OPSe2/c1-3-4-5-6-10-13-18-16(17,15-2)14-11-8-7-9-12-14/h7-9,11-12H,3-6,10,13H2,1-2H3. The molecular formula is C14H23OPSe2. The van der Waals surface area contributed by atoms with Crippen molar-refractivity contribution >= 4 is 39.3 Å². The van der Waals surface area contributed by atoms with Gasteiger partial charge in [-0.15, -0.1) is 0 Å². The third kappa shape index (κ3) is 5.74. The monoisotopic (exact) mass is 398 g/mol. The molecule has 1 unspecified atom stereocenters. The Kier molecular flexibility index (Phi) is 8.85. The van der Waals surface area contributed by atoms with E-state index >= 15 is 0 Å². The van der Waals surface area contributed by atoms with E-state index < -0.39 is 4.43 Å². The Balaban J connectivity index is 2.40. The van der Waals surface area contributed by atoms with E-state index in [2.05, 4.69) is 52.4 Å². The van der Waals surface area contributed by atoms with Crippen molar-refractivity contribution < 1.29 is 4.52 Å². The van der Waals surface area contributed by atoms with E-state index in [0.29, 0.717) is 14.5 Å². The SMILES string of the molecule is CCCCCCC[Se]P(=[Se])(OC)c1ccccc1. The molecule has 1 atom stereocenters. The molecule has 1 aromatic rings. The predicted octanol–water partition coefficient (Wildman–Crippen LogP) is 3.98. The molecule has 1 rings (SSSR count). The van der Waals surface area contributed by atoms with Crippen molar-refractivity contribution in [3.63, 3.8) is 0 Å². The number of unbranched alkanes of at least 4 members (excludes halogenated alkanes) is 4. The molecule has 0 bridgehead atoms. The van der Waals surface area contributed by atoms with Crippen LogP contribution in [0.1, 0.15) is 39.0 Å². The molecule has 0 saturated carbocycles. The van der Waals surface area contributed by atoms with E-state index in [0.717, 1.165) is 0 Å². The van der Waals surface area contributed by atoms with Crippen LogP contribution in [0.4, 0.5) is 0 Å². The Morgan fingerprint density at radius 2 is 1.78 bits per heavy atom. The van der Waals surface area contributed by atoms with Crippen molar-refractivity contribution in [3.05, 3.63) is 30.3 Å². The van der Waals surface area contributed by atoms with Crippen molar-refractivity contribution in [2.24, 2.45) is 0 Å². The molecule has 1 aromatic carbocycles. The summed E-state index contributed by atoms with van der Waals surface area (Å²) in [5, 5.41) is 2.71. The number of benzene rings is 1. The van der Waals surface area contributed by atoms with Gasteiger partial charge in [0.2, 0.25) is 0 Å². The summed E-state index contributed by atoms with van der Waals surface area (Å²) in [6.45, 7) is 2.27. The summed E-state index contributed by atoms with van der Waals surface area (Å²) in [5.74, 6) is 0. The zero-order valence-corrected chi connectivity index (χ0v) is 15.6. The minimum atomic E-state index is -1.42. The molecule has 0 spiro atoms. The molecule has 0 radical (unpaired) electrons. The molecule has 4 heteroatoms. The molecule has 1 nitrogen and oxygen atoms in total. The van der Waals surface area contributed by atoms with Gasteiger partial charge in [-0.05, 0) is 0 Å². The maximum atomic E-state index is 5.83. The third-order valence-electron chi connectivity index (χ3n) is 2.82. The molecule has 0 amide bonds. The van der Waals surface area contributed by atoms with Crippen molar-refractivity contribution in [2.45, 2.75) is 44.3 Å².